The SMILES string of the molecule is C=CCN(CCOC)c1ncccc1CNCC(C)C. The van der Waals surface area contributed by atoms with Crippen molar-refractivity contribution in [3.63, 3.8) is 0 Å². The Morgan fingerprint density at radius 3 is 2.95 bits per heavy atom. The number of hydrogen-bond acceptors (Lipinski definition) is 4. The van der Waals surface area contributed by atoms with Crippen molar-refractivity contribution in [2.45, 2.75) is 20.4 Å². The third-order valence-corrected chi connectivity index (χ3v) is 2.95. The van der Waals surface area contributed by atoms with Gasteiger partial charge in [-0.3, -0.25) is 0 Å². The average molecular weight is 277 g/mol. The zero-order valence-corrected chi connectivity index (χ0v) is 12.9. The minimum absolute atomic E-state index is 0.646. The van der Waals surface area contributed by atoms with Gasteiger partial charge in [-0.05, 0) is 18.5 Å². The van der Waals surface area contributed by atoms with E-state index in [1.807, 2.05) is 18.3 Å². The summed E-state index contributed by atoms with van der Waals surface area (Å²) in [5.74, 6) is 1.66. The van der Waals surface area contributed by atoms with E-state index in [2.05, 4.69) is 41.7 Å². The highest BCUT2D eigenvalue weighted by Gasteiger charge is 2.11. The molecular weight excluding hydrogens is 250 g/mol. The summed E-state index contributed by atoms with van der Waals surface area (Å²) in [6.07, 6.45) is 3.74. The molecule has 20 heavy (non-hydrogen) atoms. The van der Waals surface area contributed by atoms with Crippen molar-refractivity contribution < 1.29 is 4.74 Å². The van der Waals surface area contributed by atoms with E-state index in [-0.39, 0.29) is 0 Å². The van der Waals surface area contributed by atoms with Gasteiger partial charge in [0.05, 0.1) is 6.61 Å². The summed E-state index contributed by atoms with van der Waals surface area (Å²) in [4.78, 5) is 6.73. The first-order chi connectivity index (χ1) is 9.69. The Balaban J connectivity index is 2.76. The Morgan fingerprint density at radius 1 is 1.50 bits per heavy atom. The molecule has 0 aliphatic heterocycles. The molecule has 4 nitrogen and oxygen atoms in total. The minimum atomic E-state index is 0.646. The number of anilines is 1. The average Bonchev–Trinajstić information content (AvgIpc) is 2.44. The maximum Gasteiger partial charge on any atom is 0.133 e. The van der Waals surface area contributed by atoms with Gasteiger partial charge in [-0.1, -0.05) is 26.0 Å². The van der Waals surface area contributed by atoms with E-state index in [0.29, 0.717) is 12.5 Å². The molecule has 0 spiro atoms. The predicted molar refractivity (Wildman–Crippen MR) is 85.1 cm³/mol. The van der Waals surface area contributed by atoms with E-state index in [9.17, 15) is 0 Å². The number of pyridine rings is 1. The van der Waals surface area contributed by atoms with Crippen molar-refractivity contribution in [1.82, 2.24) is 10.3 Å². The number of nitrogens with zero attached hydrogens (tertiary/aromatic N) is 2. The highest BCUT2D eigenvalue weighted by molar-refractivity contribution is 5.47. The molecule has 0 fully saturated rings. The highest BCUT2D eigenvalue weighted by Crippen LogP contribution is 2.17. The van der Waals surface area contributed by atoms with Gasteiger partial charge in [-0.2, -0.15) is 0 Å². The van der Waals surface area contributed by atoms with E-state index in [1.54, 1.807) is 7.11 Å². The normalized spacial score (nSPS) is 10.8. The van der Waals surface area contributed by atoms with Crippen LogP contribution in [0, 0.1) is 5.92 Å². The van der Waals surface area contributed by atoms with E-state index >= 15 is 0 Å². The fourth-order valence-corrected chi connectivity index (χ4v) is 1.99. The maximum atomic E-state index is 5.17. The Kier molecular flexibility index (Phi) is 7.92. The number of rotatable bonds is 10. The van der Waals surface area contributed by atoms with Gasteiger partial charge in [-0.25, -0.2) is 4.98 Å². The van der Waals surface area contributed by atoms with Crippen molar-refractivity contribution in [3.05, 3.63) is 36.5 Å². The summed E-state index contributed by atoms with van der Waals surface area (Å²) in [7, 11) is 1.72. The molecule has 0 amide bonds. The van der Waals surface area contributed by atoms with Gasteiger partial charge in [0.15, 0.2) is 0 Å². The molecule has 4 heteroatoms. The van der Waals surface area contributed by atoms with Crippen LogP contribution in [0.25, 0.3) is 0 Å². The topological polar surface area (TPSA) is 37.4 Å². The number of aromatic nitrogens is 1. The maximum absolute atomic E-state index is 5.17. The monoisotopic (exact) mass is 277 g/mol. The molecule has 1 rings (SSSR count). The third kappa shape index (κ3) is 5.72. The Labute approximate surface area is 122 Å². The molecule has 1 aromatic heterocycles. The van der Waals surface area contributed by atoms with Gasteiger partial charge in [0, 0.05) is 38.5 Å². The van der Waals surface area contributed by atoms with Crippen molar-refractivity contribution in [2.75, 3.05) is 38.3 Å². The van der Waals surface area contributed by atoms with Gasteiger partial charge in [0.1, 0.15) is 5.82 Å². The largest absolute Gasteiger partial charge is 0.383 e. The zero-order chi connectivity index (χ0) is 14.8. The molecule has 0 radical (unpaired) electrons. The Hall–Kier alpha value is -1.39. The predicted octanol–water partition coefficient (Wildman–Crippen LogP) is 2.47. The van der Waals surface area contributed by atoms with Crippen LogP contribution < -0.4 is 10.2 Å². The van der Waals surface area contributed by atoms with Crippen LogP contribution in [-0.2, 0) is 11.3 Å². The van der Waals surface area contributed by atoms with Crippen LogP contribution in [0.3, 0.4) is 0 Å². The molecule has 0 aliphatic carbocycles. The van der Waals surface area contributed by atoms with Crippen LogP contribution in [0.1, 0.15) is 19.4 Å². The molecule has 1 aromatic rings. The van der Waals surface area contributed by atoms with Crippen molar-refractivity contribution >= 4 is 5.82 Å². The second-order valence-electron chi connectivity index (χ2n) is 5.24. The van der Waals surface area contributed by atoms with Crippen LogP contribution in [0.5, 0.6) is 0 Å². The van der Waals surface area contributed by atoms with E-state index < -0.39 is 0 Å². The van der Waals surface area contributed by atoms with Crippen LogP contribution in [0.2, 0.25) is 0 Å². The second kappa shape index (κ2) is 9.50. The fraction of sp³-hybridized carbons (Fsp3) is 0.562. The summed E-state index contributed by atoms with van der Waals surface area (Å²) in [5, 5.41) is 3.47. The van der Waals surface area contributed by atoms with E-state index in [4.69, 9.17) is 4.74 Å². The molecule has 0 bridgehead atoms. The number of nitrogens with one attached hydrogen (secondary N) is 1. The molecule has 0 saturated heterocycles. The molecule has 0 atom stereocenters. The van der Waals surface area contributed by atoms with Crippen molar-refractivity contribution in [1.29, 1.82) is 0 Å². The molecule has 0 aliphatic rings. The van der Waals surface area contributed by atoms with Crippen LogP contribution in [-0.4, -0.2) is 38.3 Å². The van der Waals surface area contributed by atoms with Gasteiger partial charge in [-0.15, -0.1) is 6.58 Å². The summed E-state index contributed by atoms with van der Waals surface area (Å²) in [5.41, 5.74) is 1.21. The molecule has 112 valence electrons. The van der Waals surface area contributed by atoms with Crippen LogP contribution >= 0.6 is 0 Å². The number of methoxy groups -OCH3 is 1. The third-order valence-electron chi connectivity index (χ3n) is 2.95. The van der Waals surface area contributed by atoms with E-state index in [1.165, 1.54) is 5.56 Å². The first-order valence-electron chi connectivity index (χ1n) is 7.18. The zero-order valence-electron chi connectivity index (χ0n) is 12.9. The Morgan fingerprint density at radius 2 is 2.30 bits per heavy atom. The van der Waals surface area contributed by atoms with Crippen molar-refractivity contribution in [3.8, 4) is 0 Å². The number of hydrogen-bond donors (Lipinski definition) is 1. The summed E-state index contributed by atoms with van der Waals surface area (Å²) in [6.45, 7) is 12.4. The lowest BCUT2D eigenvalue weighted by atomic mass is 10.2. The van der Waals surface area contributed by atoms with Gasteiger partial charge in [0.2, 0.25) is 0 Å². The molecule has 0 aromatic carbocycles. The molecular formula is C16H27N3O. The lowest BCUT2D eigenvalue weighted by Crippen LogP contribution is -2.30. The second-order valence-corrected chi connectivity index (χ2v) is 5.24. The summed E-state index contributed by atoms with van der Waals surface area (Å²) >= 11 is 0. The lowest BCUT2D eigenvalue weighted by Gasteiger charge is -2.24. The highest BCUT2D eigenvalue weighted by atomic mass is 16.5. The van der Waals surface area contributed by atoms with E-state index in [0.717, 1.165) is 32.0 Å². The quantitative estimate of drug-likeness (QED) is 0.667. The molecule has 1 heterocycles. The summed E-state index contributed by atoms with van der Waals surface area (Å²) < 4.78 is 5.17. The lowest BCUT2D eigenvalue weighted by molar-refractivity contribution is 0.205. The molecule has 1 N–H and O–H groups in total. The van der Waals surface area contributed by atoms with Gasteiger partial charge in [0.25, 0.3) is 0 Å². The Bertz CT molecular complexity index is 393. The summed E-state index contributed by atoms with van der Waals surface area (Å²) in [6, 6.07) is 4.11. The van der Waals surface area contributed by atoms with Crippen LogP contribution in [0.15, 0.2) is 31.0 Å². The molecule has 0 unspecified atom stereocenters. The van der Waals surface area contributed by atoms with Crippen LogP contribution in [0.4, 0.5) is 5.82 Å². The fourth-order valence-electron chi connectivity index (χ4n) is 1.99. The number of ether oxygens (including phenoxy) is 1. The minimum Gasteiger partial charge on any atom is -0.383 e. The van der Waals surface area contributed by atoms with Crippen molar-refractivity contribution in [2.24, 2.45) is 5.92 Å². The first-order valence-corrected chi connectivity index (χ1v) is 7.18. The standard InChI is InChI=1S/C16H27N3O/c1-5-9-19(10-11-20-4)16-15(7-6-8-18-16)13-17-12-14(2)3/h5-8,14,17H,1,9-13H2,2-4H3. The van der Waals surface area contributed by atoms with Gasteiger partial charge >= 0.3 is 0 Å². The first kappa shape index (κ1) is 16.7. The molecule has 0 saturated carbocycles. The van der Waals surface area contributed by atoms with Gasteiger partial charge < -0.3 is 15.0 Å². The smallest absolute Gasteiger partial charge is 0.133 e.